The molecule has 0 bridgehead atoms. The Labute approximate surface area is 202 Å². The van der Waals surface area contributed by atoms with Gasteiger partial charge in [-0.15, -0.1) is 0 Å². The second-order valence-corrected chi connectivity index (χ2v) is 11.9. The van der Waals surface area contributed by atoms with Crippen molar-refractivity contribution in [3.05, 3.63) is 47.5 Å². The van der Waals surface area contributed by atoms with E-state index < -0.39 is 5.54 Å². The highest BCUT2D eigenvalue weighted by atomic mass is 16.7. The topological polar surface area (TPSA) is 65.1 Å². The lowest BCUT2D eigenvalue weighted by atomic mass is 9.54. The highest BCUT2D eigenvalue weighted by Crippen LogP contribution is 2.59. The van der Waals surface area contributed by atoms with E-state index in [1.54, 1.807) is 17.0 Å². The van der Waals surface area contributed by atoms with E-state index in [-0.39, 0.29) is 47.5 Å². The number of rotatable bonds is 3. The summed E-state index contributed by atoms with van der Waals surface area (Å²) < 4.78 is 18.8. The normalized spacial score (nSPS) is 38.0. The Balaban J connectivity index is 1.29. The molecule has 2 aliphatic carbocycles. The smallest absolute Gasteiger partial charge is 0.403 e. The molecule has 2 unspecified atom stereocenters. The first-order valence-electron chi connectivity index (χ1n) is 12.7. The molecule has 34 heavy (non-hydrogen) atoms. The van der Waals surface area contributed by atoms with Crippen molar-refractivity contribution in [2.24, 2.45) is 5.92 Å². The van der Waals surface area contributed by atoms with Crippen LogP contribution in [0.3, 0.4) is 0 Å². The average Bonchev–Trinajstić information content (AvgIpc) is 3.42. The fourth-order valence-electron chi connectivity index (χ4n) is 6.86. The number of imide groups is 1. The number of carbonyl (C=O) groups excluding carboxylic acids is 2. The van der Waals surface area contributed by atoms with Gasteiger partial charge in [-0.25, -0.2) is 0 Å². The van der Waals surface area contributed by atoms with Gasteiger partial charge in [0.2, 0.25) is 0 Å². The molecule has 3 aliphatic heterocycles. The lowest BCUT2D eigenvalue weighted by Crippen LogP contribution is -2.69. The van der Waals surface area contributed by atoms with Crippen LogP contribution in [0.2, 0.25) is 5.82 Å². The highest BCUT2D eigenvalue weighted by Gasteiger charge is 2.66. The van der Waals surface area contributed by atoms with Crippen LogP contribution >= 0.6 is 0 Å². The molecule has 2 atom stereocenters. The predicted molar refractivity (Wildman–Crippen MR) is 129 cm³/mol. The zero-order chi connectivity index (χ0) is 23.9. The molecule has 6 rings (SSSR count). The second kappa shape index (κ2) is 7.28. The van der Waals surface area contributed by atoms with Crippen LogP contribution in [0, 0.1) is 5.92 Å². The Morgan fingerprint density at radius 2 is 1.53 bits per heavy atom. The van der Waals surface area contributed by atoms with Gasteiger partial charge >= 0.3 is 7.12 Å². The van der Waals surface area contributed by atoms with Crippen LogP contribution in [0.25, 0.3) is 0 Å². The van der Waals surface area contributed by atoms with Gasteiger partial charge in [0.15, 0.2) is 0 Å². The van der Waals surface area contributed by atoms with E-state index in [4.69, 9.17) is 14.0 Å². The van der Waals surface area contributed by atoms with Gasteiger partial charge in [-0.3, -0.25) is 14.5 Å². The Morgan fingerprint density at radius 3 is 2.03 bits per heavy atom. The minimum Gasteiger partial charge on any atom is -0.403 e. The average molecular weight is 463 g/mol. The van der Waals surface area contributed by atoms with Gasteiger partial charge in [-0.05, 0) is 65.5 Å². The minimum absolute atomic E-state index is 0.100. The van der Waals surface area contributed by atoms with Gasteiger partial charge in [0.1, 0.15) is 0 Å². The molecule has 2 saturated heterocycles. The van der Waals surface area contributed by atoms with Crippen LogP contribution in [0.15, 0.2) is 36.4 Å². The lowest BCUT2D eigenvalue weighted by Gasteiger charge is -2.60. The van der Waals surface area contributed by atoms with E-state index in [1.807, 2.05) is 12.1 Å². The Bertz CT molecular complexity index is 1010. The molecule has 1 aromatic rings. The molecular formula is C27H34BNO5. The van der Waals surface area contributed by atoms with Gasteiger partial charge in [0.25, 0.3) is 11.8 Å². The van der Waals surface area contributed by atoms with E-state index in [1.165, 1.54) is 0 Å². The third kappa shape index (κ3) is 3.06. The molecule has 180 valence electrons. The summed E-state index contributed by atoms with van der Waals surface area (Å²) in [6.07, 6.45) is 9.71. The van der Waals surface area contributed by atoms with Crippen LogP contribution in [0.5, 0.6) is 0 Å². The fraction of sp³-hybridized carbons (Fsp3) is 0.630. The molecule has 6 nitrogen and oxygen atoms in total. The Hall–Kier alpha value is -1.96. The maximum Gasteiger partial charge on any atom is 0.465 e. The van der Waals surface area contributed by atoms with Crippen LogP contribution in [0.4, 0.5) is 0 Å². The van der Waals surface area contributed by atoms with E-state index in [0.29, 0.717) is 11.1 Å². The van der Waals surface area contributed by atoms with Crippen LogP contribution < -0.4 is 0 Å². The molecule has 0 N–H and O–H groups in total. The third-order valence-corrected chi connectivity index (χ3v) is 9.39. The number of amides is 2. The van der Waals surface area contributed by atoms with Crippen molar-refractivity contribution in [2.45, 2.75) is 94.4 Å². The van der Waals surface area contributed by atoms with Gasteiger partial charge in [-0.1, -0.05) is 24.3 Å². The summed E-state index contributed by atoms with van der Waals surface area (Å²) in [6, 6.07) is 7.21. The number of allylic oxidation sites excluding steroid dienone is 1. The zero-order valence-corrected chi connectivity index (χ0v) is 20.6. The van der Waals surface area contributed by atoms with Crippen molar-refractivity contribution in [3.8, 4) is 0 Å². The maximum atomic E-state index is 13.5. The van der Waals surface area contributed by atoms with E-state index in [9.17, 15) is 9.59 Å². The maximum absolute atomic E-state index is 13.5. The highest BCUT2D eigenvalue weighted by molar-refractivity contribution is 6.48. The minimum atomic E-state index is -0.533. The fourth-order valence-corrected chi connectivity index (χ4v) is 6.86. The molecule has 1 aromatic carbocycles. The largest absolute Gasteiger partial charge is 0.465 e. The predicted octanol–water partition coefficient (Wildman–Crippen LogP) is 4.79. The number of ether oxygens (including phenoxy) is 1. The van der Waals surface area contributed by atoms with Crippen molar-refractivity contribution in [1.82, 2.24) is 4.90 Å². The Morgan fingerprint density at radius 1 is 0.912 bits per heavy atom. The van der Waals surface area contributed by atoms with Gasteiger partial charge in [0.05, 0.1) is 33.5 Å². The molecule has 5 aliphatic rings. The Kier molecular flexibility index (Phi) is 4.82. The molecular weight excluding hydrogens is 429 g/mol. The van der Waals surface area contributed by atoms with Crippen LogP contribution in [0.1, 0.15) is 86.9 Å². The first-order chi connectivity index (χ1) is 16.1. The quantitative estimate of drug-likeness (QED) is 0.366. The number of hydrogen-bond acceptors (Lipinski definition) is 5. The van der Waals surface area contributed by atoms with Crippen LogP contribution in [-0.4, -0.2) is 52.8 Å². The first kappa shape index (κ1) is 22.5. The van der Waals surface area contributed by atoms with Crippen molar-refractivity contribution < 1.29 is 23.6 Å². The van der Waals surface area contributed by atoms with Crippen molar-refractivity contribution >= 4 is 18.9 Å². The number of carbonyl (C=O) groups is 2. The zero-order valence-electron chi connectivity index (χ0n) is 20.6. The summed E-state index contributed by atoms with van der Waals surface area (Å²) in [5, 5.41) is 0. The van der Waals surface area contributed by atoms with Gasteiger partial charge in [0, 0.05) is 31.2 Å². The summed E-state index contributed by atoms with van der Waals surface area (Å²) in [6.45, 7) is 9.08. The third-order valence-electron chi connectivity index (χ3n) is 9.39. The molecule has 7 heteroatoms. The van der Waals surface area contributed by atoms with E-state index in [2.05, 4.69) is 39.8 Å². The standard InChI is InChI=1S/C27H34BNO5/c1-24(2)25(3,4)34-28(33-24)19-12-10-18(11-13-19)27(16-26(17-27)14-7-15-32-26)29-22(30)20-8-5-6-9-21(20)23(29)31/h5-6,8-10,12,18-19H,7,11,13-17H2,1-4H3. The van der Waals surface area contributed by atoms with Crippen LogP contribution in [-0.2, 0) is 14.0 Å². The monoisotopic (exact) mass is 463 g/mol. The molecule has 1 spiro atoms. The summed E-state index contributed by atoms with van der Waals surface area (Å²) >= 11 is 0. The summed E-state index contributed by atoms with van der Waals surface area (Å²) in [4.78, 5) is 28.6. The van der Waals surface area contributed by atoms with E-state index in [0.717, 1.165) is 45.1 Å². The second-order valence-electron chi connectivity index (χ2n) is 11.9. The molecule has 2 amide bonds. The van der Waals surface area contributed by atoms with Crippen molar-refractivity contribution in [1.29, 1.82) is 0 Å². The molecule has 3 heterocycles. The lowest BCUT2D eigenvalue weighted by molar-refractivity contribution is -0.151. The molecule has 0 radical (unpaired) electrons. The summed E-state index contributed by atoms with van der Waals surface area (Å²) in [5.74, 6) is -0.0543. The molecule has 0 aromatic heterocycles. The number of nitrogens with zero attached hydrogens (tertiary/aromatic N) is 1. The summed E-state index contributed by atoms with van der Waals surface area (Å²) in [5.41, 5.74) is -0.390. The van der Waals surface area contributed by atoms with Crippen molar-refractivity contribution in [2.75, 3.05) is 6.61 Å². The number of hydrogen-bond donors (Lipinski definition) is 0. The van der Waals surface area contributed by atoms with E-state index >= 15 is 0 Å². The summed E-state index contributed by atoms with van der Waals surface area (Å²) in [7, 11) is -0.275. The molecule has 1 saturated carbocycles. The van der Waals surface area contributed by atoms with Gasteiger partial charge < -0.3 is 14.0 Å². The number of fused-ring (bicyclic) bond motifs is 1. The first-order valence-corrected chi connectivity index (χ1v) is 12.7. The van der Waals surface area contributed by atoms with Crippen molar-refractivity contribution in [3.63, 3.8) is 0 Å². The SMILES string of the molecule is CC1(C)OB(C2C=CC(C3(N4C(=O)c5ccccc5C4=O)CC4(CCCO4)C3)CC2)OC1(C)C. The molecule has 3 fully saturated rings. The van der Waals surface area contributed by atoms with Gasteiger partial charge in [-0.2, -0.15) is 0 Å². The number of benzene rings is 1.